The Balaban J connectivity index is 1.95. The number of fused-ring (bicyclic) bond motifs is 4. The van der Waals surface area contributed by atoms with Crippen molar-refractivity contribution in [3.05, 3.63) is 64.3 Å². The molecule has 1 heterocycles. The highest BCUT2D eigenvalue weighted by Gasteiger charge is 2.45. The molecular formula is C21H16Cl2N2O3. The number of benzene rings is 2. The van der Waals surface area contributed by atoms with Gasteiger partial charge < -0.3 is 0 Å². The molecule has 5 nitrogen and oxygen atoms in total. The van der Waals surface area contributed by atoms with Gasteiger partial charge in [0.1, 0.15) is 5.52 Å². The molecule has 7 heteroatoms. The smallest absolute Gasteiger partial charge is 0.217 e. The molecule has 0 unspecified atom stereocenters. The number of rotatable bonds is 2. The number of hydrogen-bond donors (Lipinski definition) is 1. The van der Waals surface area contributed by atoms with Gasteiger partial charge in [-0.1, -0.05) is 74.3 Å². The molecule has 1 aliphatic carbocycles. The van der Waals surface area contributed by atoms with Crippen molar-refractivity contribution in [3.63, 3.8) is 0 Å². The highest BCUT2D eigenvalue weighted by atomic mass is 35.5. The van der Waals surface area contributed by atoms with Gasteiger partial charge in [0.2, 0.25) is 4.33 Å². The summed E-state index contributed by atoms with van der Waals surface area (Å²) < 4.78 is -1.87. The zero-order valence-corrected chi connectivity index (χ0v) is 16.9. The van der Waals surface area contributed by atoms with Gasteiger partial charge in [0.05, 0.1) is 11.3 Å². The Kier molecular flexibility index (Phi) is 4.04. The number of Topliss-reactive ketones (excluding diaryl/α,β-unsaturated/α-hetero) is 1. The van der Waals surface area contributed by atoms with Gasteiger partial charge in [-0.2, -0.15) is 5.10 Å². The number of halogens is 2. The number of nitrogens with one attached hydrogen (secondary N) is 1. The third-order valence-corrected chi connectivity index (χ3v) is 5.62. The molecular weight excluding hydrogens is 399 g/mol. The maximum atomic E-state index is 13.1. The summed E-state index contributed by atoms with van der Waals surface area (Å²) in [5.41, 5.74) is 0.815. The topological polar surface area (TPSA) is 79.9 Å². The molecule has 0 atom stereocenters. The first kappa shape index (κ1) is 18.8. The van der Waals surface area contributed by atoms with Crippen LogP contribution in [0.2, 0.25) is 0 Å². The molecule has 1 aliphatic rings. The molecule has 1 aromatic heterocycles. The van der Waals surface area contributed by atoms with E-state index >= 15 is 0 Å². The lowest BCUT2D eigenvalue weighted by Crippen LogP contribution is -2.35. The molecule has 0 amide bonds. The van der Waals surface area contributed by atoms with Crippen LogP contribution in [0.1, 0.15) is 58.3 Å². The first-order chi connectivity index (χ1) is 13.0. The number of aromatic amines is 1. The predicted molar refractivity (Wildman–Crippen MR) is 107 cm³/mol. The molecule has 0 aliphatic heterocycles. The van der Waals surface area contributed by atoms with Crippen LogP contribution in [0.4, 0.5) is 0 Å². The van der Waals surface area contributed by atoms with E-state index < -0.39 is 15.5 Å². The fraction of sp³-hybridized carbons (Fsp3) is 0.238. The molecule has 0 bridgehead atoms. The third-order valence-electron chi connectivity index (χ3n) is 4.90. The number of hydrogen-bond acceptors (Lipinski definition) is 4. The first-order valence-electron chi connectivity index (χ1n) is 8.68. The largest absolute Gasteiger partial charge is 0.295 e. The minimum atomic E-state index is -1.87. The van der Waals surface area contributed by atoms with Gasteiger partial charge in [0.15, 0.2) is 17.3 Å². The Morgan fingerprint density at radius 2 is 1.54 bits per heavy atom. The molecule has 0 fully saturated rings. The van der Waals surface area contributed by atoms with Crippen molar-refractivity contribution in [1.29, 1.82) is 0 Å². The molecule has 0 radical (unpaired) electrons. The summed E-state index contributed by atoms with van der Waals surface area (Å²) in [6.07, 6.45) is 0. The lowest BCUT2D eigenvalue weighted by molar-refractivity contribution is -0.127. The van der Waals surface area contributed by atoms with Crippen molar-refractivity contribution < 1.29 is 14.4 Å². The van der Waals surface area contributed by atoms with E-state index in [-0.39, 0.29) is 33.9 Å². The van der Waals surface area contributed by atoms with Gasteiger partial charge in [-0.25, -0.2) is 0 Å². The summed E-state index contributed by atoms with van der Waals surface area (Å²) in [4.78, 5) is 38.7. The van der Waals surface area contributed by atoms with Gasteiger partial charge >= 0.3 is 0 Å². The molecule has 3 aromatic rings. The maximum absolute atomic E-state index is 13.1. The van der Waals surface area contributed by atoms with Gasteiger partial charge in [-0.3, -0.25) is 19.5 Å². The number of alkyl halides is 2. The van der Waals surface area contributed by atoms with Crippen molar-refractivity contribution in [3.8, 4) is 0 Å². The Morgan fingerprint density at radius 1 is 0.929 bits per heavy atom. The summed E-state index contributed by atoms with van der Waals surface area (Å²) in [6.45, 7) is 5.15. The molecule has 2 aromatic carbocycles. The minimum Gasteiger partial charge on any atom is -0.295 e. The van der Waals surface area contributed by atoms with E-state index in [4.69, 9.17) is 23.2 Å². The van der Waals surface area contributed by atoms with Crippen molar-refractivity contribution in [2.45, 2.75) is 25.1 Å². The van der Waals surface area contributed by atoms with E-state index in [2.05, 4.69) is 10.2 Å². The number of carbonyl (C=O) groups is 3. The number of carbonyl (C=O) groups excluding carboxylic acids is 3. The number of aromatic nitrogens is 2. The van der Waals surface area contributed by atoms with E-state index in [0.29, 0.717) is 16.5 Å². The Morgan fingerprint density at radius 3 is 2.14 bits per heavy atom. The zero-order valence-electron chi connectivity index (χ0n) is 15.4. The summed E-state index contributed by atoms with van der Waals surface area (Å²) in [7, 11) is 0. The molecule has 0 saturated carbocycles. The highest BCUT2D eigenvalue weighted by Crippen LogP contribution is 2.43. The van der Waals surface area contributed by atoms with E-state index in [9.17, 15) is 14.4 Å². The van der Waals surface area contributed by atoms with Crippen LogP contribution < -0.4 is 0 Å². The monoisotopic (exact) mass is 414 g/mol. The second-order valence-corrected chi connectivity index (χ2v) is 9.17. The van der Waals surface area contributed by atoms with Crippen LogP contribution in [0.3, 0.4) is 0 Å². The normalized spacial score (nSPS) is 14.2. The quantitative estimate of drug-likeness (QED) is 0.486. The Bertz CT molecular complexity index is 1190. The molecule has 28 heavy (non-hydrogen) atoms. The van der Waals surface area contributed by atoms with Crippen LogP contribution in [0.15, 0.2) is 36.4 Å². The second kappa shape index (κ2) is 6.00. The summed E-state index contributed by atoms with van der Waals surface area (Å²) in [5.74, 6) is -0.949. The Hall–Kier alpha value is -2.50. The lowest BCUT2D eigenvalue weighted by Gasteiger charge is -2.26. The van der Waals surface area contributed by atoms with E-state index in [1.54, 1.807) is 57.2 Å². The fourth-order valence-corrected chi connectivity index (χ4v) is 4.34. The zero-order chi connectivity index (χ0) is 20.4. The van der Waals surface area contributed by atoms with Crippen LogP contribution in [0.5, 0.6) is 0 Å². The average Bonchev–Trinajstić information content (AvgIpc) is 3.09. The number of H-pyrrole nitrogens is 1. The van der Waals surface area contributed by atoms with Gasteiger partial charge in [-0.05, 0) is 6.07 Å². The van der Waals surface area contributed by atoms with Gasteiger partial charge in [0, 0.05) is 27.5 Å². The molecule has 0 saturated heterocycles. The summed E-state index contributed by atoms with van der Waals surface area (Å²) in [6, 6.07) is 9.83. The lowest BCUT2D eigenvalue weighted by atomic mass is 9.82. The minimum absolute atomic E-state index is 0.188. The molecule has 142 valence electrons. The third kappa shape index (κ3) is 2.54. The van der Waals surface area contributed by atoms with E-state index in [0.717, 1.165) is 0 Å². The number of ketones is 3. The standard InChI is InChI=1S/C21H16Cl2N2O3/c1-20(2,3)19(28)21(22,23)18-13-9-8-12-14(15(13)24-25-18)17(27)11-7-5-4-6-10(11)16(12)26/h4-9H,1-3H3,(H,24,25). The molecule has 1 N–H and O–H groups in total. The van der Waals surface area contributed by atoms with Crippen molar-refractivity contribution in [1.82, 2.24) is 10.2 Å². The van der Waals surface area contributed by atoms with Crippen LogP contribution in [-0.2, 0) is 9.13 Å². The van der Waals surface area contributed by atoms with Crippen LogP contribution in [-0.4, -0.2) is 27.5 Å². The maximum Gasteiger partial charge on any atom is 0.217 e. The van der Waals surface area contributed by atoms with Crippen LogP contribution in [0, 0.1) is 5.41 Å². The van der Waals surface area contributed by atoms with Gasteiger partial charge in [-0.15, -0.1) is 0 Å². The fourth-order valence-electron chi connectivity index (χ4n) is 3.48. The van der Waals surface area contributed by atoms with E-state index in [1.807, 2.05) is 0 Å². The summed E-state index contributed by atoms with van der Waals surface area (Å²) in [5, 5.41) is 7.35. The first-order valence-corrected chi connectivity index (χ1v) is 9.43. The highest BCUT2D eigenvalue weighted by molar-refractivity contribution is 6.58. The Labute approximate surface area is 171 Å². The predicted octanol–water partition coefficient (Wildman–Crippen LogP) is 4.58. The second-order valence-electron chi connectivity index (χ2n) is 7.84. The van der Waals surface area contributed by atoms with Crippen LogP contribution >= 0.6 is 23.2 Å². The molecule has 4 rings (SSSR count). The summed E-state index contributed by atoms with van der Waals surface area (Å²) >= 11 is 12.9. The van der Waals surface area contributed by atoms with Crippen LogP contribution in [0.25, 0.3) is 10.9 Å². The van der Waals surface area contributed by atoms with Crippen molar-refractivity contribution >= 4 is 51.5 Å². The van der Waals surface area contributed by atoms with Crippen molar-refractivity contribution in [2.75, 3.05) is 0 Å². The van der Waals surface area contributed by atoms with Crippen molar-refractivity contribution in [2.24, 2.45) is 5.41 Å². The number of nitrogens with zero attached hydrogens (tertiary/aromatic N) is 1. The van der Waals surface area contributed by atoms with E-state index in [1.165, 1.54) is 0 Å². The SMILES string of the molecule is CC(C)(C)C(=O)C(Cl)(Cl)c1[nH]nc2c3c(ccc12)C(=O)c1ccccc1C3=O. The average molecular weight is 415 g/mol. The van der Waals surface area contributed by atoms with Gasteiger partial charge in [0.25, 0.3) is 0 Å². The molecule has 0 spiro atoms.